The Bertz CT molecular complexity index is 139. The van der Waals surface area contributed by atoms with E-state index in [0.717, 1.165) is 0 Å². The second kappa shape index (κ2) is 3.51. The van der Waals surface area contributed by atoms with Crippen LogP contribution in [0.4, 0.5) is 0 Å². The zero-order valence-electron chi connectivity index (χ0n) is 7.27. The molecule has 0 saturated carbocycles. The van der Waals surface area contributed by atoms with Crippen LogP contribution in [0.5, 0.6) is 0 Å². The molecule has 0 aromatic carbocycles. The first-order chi connectivity index (χ1) is 4.31. The van der Waals surface area contributed by atoms with E-state index in [1.54, 1.807) is 0 Å². The van der Waals surface area contributed by atoms with Gasteiger partial charge in [-0.15, -0.1) is 0 Å². The fourth-order valence-corrected chi connectivity index (χ4v) is 6.76. The fraction of sp³-hybridized carbons (Fsp3) is 1.00. The molecular weight excluding hydrogens is 225 g/mol. The van der Waals surface area contributed by atoms with Gasteiger partial charge in [-0.1, -0.05) is 0 Å². The molecule has 0 N–H and O–H groups in total. The Morgan fingerprint density at radius 1 is 1.30 bits per heavy atom. The summed E-state index contributed by atoms with van der Waals surface area (Å²) >= 11 is -0.265. The van der Waals surface area contributed by atoms with Gasteiger partial charge in [-0.2, -0.15) is 0 Å². The molecular formula is C6H15AsClNSi. The molecule has 0 rings (SSSR count). The van der Waals surface area contributed by atoms with Gasteiger partial charge in [0, 0.05) is 0 Å². The van der Waals surface area contributed by atoms with Crippen molar-refractivity contribution in [1.82, 2.24) is 0 Å². The second-order valence-corrected chi connectivity index (χ2v) is 11.2. The first kappa shape index (κ1) is 10.9. The molecule has 0 saturated heterocycles. The Kier molecular flexibility index (Phi) is 3.81. The Labute approximate surface area is 75.3 Å². The number of halogens is 1. The van der Waals surface area contributed by atoms with Gasteiger partial charge in [0.2, 0.25) is 0 Å². The Hall–Kier alpha value is 0.865. The van der Waals surface area contributed by atoms with Crippen LogP contribution in [-0.4, -0.2) is 22.9 Å². The first-order valence-electron chi connectivity index (χ1n) is 3.34. The molecule has 0 aromatic rings. The zero-order chi connectivity index (χ0) is 8.41. The van der Waals surface area contributed by atoms with E-state index < -0.39 is 8.24 Å². The SMILES string of the molecule is CC(C)(C)[Si](C)(C)N=[As]Cl. The summed E-state index contributed by atoms with van der Waals surface area (Å²) in [5, 5.41) is 0.359. The van der Waals surface area contributed by atoms with Gasteiger partial charge >= 0.3 is 75.2 Å². The van der Waals surface area contributed by atoms with Crippen LogP contribution in [0, 0.1) is 0 Å². The van der Waals surface area contributed by atoms with Crippen LogP contribution in [0.25, 0.3) is 0 Å². The number of nitrogens with zero attached hydrogens (tertiary/aromatic N) is 1. The van der Waals surface area contributed by atoms with Crippen LogP contribution in [0.3, 0.4) is 0 Å². The van der Waals surface area contributed by atoms with Crippen molar-refractivity contribution in [2.24, 2.45) is 3.53 Å². The number of hydrogen-bond donors (Lipinski definition) is 0. The third-order valence-corrected chi connectivity index (χ3v) is 11.2. The number of rotatable bonds is 1. The van der Waals surface area contributed by atoms with E-state index in [-0.39, 0.29) is 14.6 Å². The molecule has 0 unspecified atom stereocenters. The summed E-state index contributed by atoms with van der Waals surface area (Å²) in [5.41, 5.74) is 0. The zero-order valence-corrected chi connectivity index (χ0v) is 10.9. The molecule has 0 aromatic heterocycles. The van der Waals surface area contributed by atoms with E-state index in [0.29, 0.717) is 5.04 Å². The van der Waals surface area contributed by atoms with Gasteiger partial charge in [-0.3, -0.25) is 0 Å². The average molecular weight is 240 g/mol. The molecule has 0 bridgehead atoms. The van der Waals surface area contributed by atoms with Gasteiger partial charge in [-0.25, -0.2) is 0 Å². The van der Waals surface area contributed by atoms with Crippen molar-refractivity contribution in [2.45, 2.75) is 38.9 Å². The predicted octanol–water partition coefficient (Wildman–Crippen LogP) is 3.03. The normalized spacial score (nSPS) is 14.6. The molecule has 0 aliphatic rings. The summed E-state index contributed by atoms with van der Waals surface area (Å²) in [6.07, 6.45) is 0. The number of hydrogen-bond acceptors (Lipinski definition) is 1. The van der Waals surface area contributed by atoms with Crippen molar-refractivity contribution < 1.29 is 0 Å². The standard InChI is InChI=1S/C6H15AsClNSi/c1-6(2,3)10(4,5)9-7-8/h1-5H3. The second-order valence-electron chi connectivity index (χ2n) is 3.98. The minimum atomic E-state index is -1.37. The van der Waals surface area contributed by atoms with Gasteiger partial charge in [0.15, 0.2) is 0 Å². The van der Waals surface area contributed by atoms with E-state index >= 15 is 0 Å². The minimum absolute atomic E-state index is 0.265. The van der Waals surface area contributed by atoms with E-state index in [1.807, 2.05) is 0 Å². The third-order valence-electron chi connectivity index (χ3n) is 2.12. The van der Waals surface area contributed by atoms with Gasteiger partial charge in [0.1, 0.15) is 0 Å². The molecule has 10 heavy (non-hydrogen) atoms. The van der Waals surface area contributed by atoms with Gasteiger partial charge in [0.25, 0.3) is 0 Å². The maximum atomic E-state index is 5.65. The van der Waals surface area contributed by atoms with Crippen molar-refractivity contribution in [3.8, 4) is 0 Å². The average Bonchev–Trinajstić information content (AvgIpc) is 1.61. The van der Waals surface area contributed by atoms with Crippen LogP contribution >= 0.6 is 9.95 Å². The molecule has 0 heterocycles. The predicted molar refractivity (Wildman–Crippen MR) is 51.2 cm³/mol. The van der Waals surface area contributed by atoms with Crippen molar-refractivity contribution in [2.75, 3.05) is 0 Å². The van der Waals surface area contributed by atoms with Crippen molar-refractivity contribution in [3.05, 3.63) is 0 Å². The van der Waals surface area contributed by atoms with Crippen LogP contribution in [-0.2, 0) is 0 Å². The van der Waals surface area contributed by atoms with Gasteiger partial charge in [0.05, 0.1) is 0 Å². The summed E-state index contributed by atoms with van der Waals surface area (Å²) in [6.45, 7) is 11.3. The Balaban J connectivity index is 4.40. The van der Waals surface area contributed by atoms with Crippen molar-refractivity contribution in [1.29, 1.82) is 0 Å². The van der Waals surface area contributed by atoms with Gasteiger partial charge in [-0.05, 0) is 0 Å². The fourth-order valence-electron chi connectivity index (χ4n) is 0.244. The van der Waals surface area contributed by atoms with Crippen molar-refractivity contribution in [3.63, 3.8) is 0 Å². The molecule has 0 aliphatic heterocycles. The summed E-state index contributed by atoms with van der Waals surface area (Å²) in [6, 6.07) is 0. The monoisotopic (exact) mass is 239 g/mol. The molecule has 0 spiro atoms. The van der Waals surface area contributed by atoms with Gasteiger partial charge < -0.3 is 0 Å². The summed E-state index contributed by atoms with van der Waals surface area (Å²) < 4.78 is 4.53. The quantitative estimate of drug-likeness (QED) is 0.624. The maximum absolute atomic E-state index is 5.65. The molecule has 60 valence electrons. The van der Waals surface area contributed by atoms with Crippen molar-refractivity contribution >= 4 is 32.8 Å². The Morgan fingerprint density at radius 3 is 1.80 bits per heavy atom. The molecule has 0 aliphatic carbocycles. The van der Waals surface area contributed by atoms with Crippen LogP contribution in [0.15, 0.2) is 3.53 Å². The van der Waals surface area contributed by atoms with E-state index in [1.165, 1.54) is 0 Å². The molecule has 4 heteroatoms. The molecule has 0 amide bonds. The summed E-state index contributed by atoms with van der Waals surface area (Å²) in [5.74, 6) is 0. The summed E-state index contributed by atoms with van der Waals surface area (Å²) in [4.78, 5) is 0. The third kappa shape index (κ3) is 2.85. The molecule has 1 nitrogen and oxygen atoms in total. The van der Waals surface area contributed by atoms with Crippen LogP contribution < -0.4 is 0 Å². The molecule has 0 radical (unpaired) electrons. The topological polar surface area (TPSA) is 12.4 Å². The Morgan fingerprint density at radius 2 is 1.70 bits per heavy atom. The van der Waals surface area contributed by atoms with E-state index in [4.69, 9.17) is 9.95 Å². The summed E-state index contributed by atoms with van der Waals surface area (Å²) in [7, 11) is 4.28. The first-order valence-corrected chi connectivity index (χ1v) is 9.59. The van der Waals surface area contributed by atoms with E-state index in [9.17, 15) is 0 Å². The van der Waals surface area contributed by atoms with Crippen LogP contribution in [0.1, 0.15) is 20.8 Å². The molecule has 0 atom stereocenters. The van der Waals surface area contributed by atoms with E-state index in [2.05, 4.69) is 37.4 Å². The molecule has 0 fully saturated rings. The van der Waals surface area contributed by atoms with Crippen LogP contribution in [0.2, 0.25) is 18.1 Å².